The maximum Gasteiger partial charge on any atom is 0.274 e. The number of fused-ring (bicyclic) bond motifs is 1. The summed E-state index contributed by atoms with van der Waals surface area (Å²) < 4.78 is 0. The molecule has 24 heavy (non-hydrogen) atoms. The van der Waals surface area contributed by atoms with Crippen molar-refractivity contribution < 1.29 is 19.5 Å². The Hall–Kier alpha value is -2.21. The van der Waals surface area contributed by atoms with Crippen molar-refractivity contribution in [2.45, 2.75) is 12.8 Å². The summed E-state index contributed by atoms with van der Waals surface area (Å²) in [4.78, 5) is 33.5. The SMILES string of the molecule is O=C1[C@@H]2CC=CC[C@H]2C(=O)N1C[NH+]1CCN(c2cccc[nH+]2)CC1. The Morgan fingerprint density at radius 1 is 1.04 bits per heavy atom. The molecule has 3 heterocycles. The molecule has 6 heteroatoms. The molecule has 0 saturated carbocycles. The minimum atomic E-state index is -0.109. The quantitative estimate of drug-likeness (QED) is 0.579. The minimum absolute atomic E-state index is 0.0423. The number of aromatic nitrogens is 1. The van der Waals surface area contributed by atoms with Crippen molar-refractivity contribution in [3.8, 4) is 0 Å². The lowest BCUT2D eigenvalue weighted by Crippen LogP contribution is -3.16. The number of piperazine rings is 1. The van der Waals surface area contributed by atoms with E-state index in [-0.39, 0.29) is 23.7 Å². The van der Waals surface area contributed by atoms with Crippen LogP contribution in [0, 0.1) is 11.8 Å². The van der Waals surface area contributed by atoms with Crippen LogP contribution in [0.1, 0.15) is 12.8 Å². The first kappa shape index (κ1) is 15.3. The molecular formula is C18H24N4O2+2. The number of rotatable bonds is 3. The fraction of sp³-hybridized carbons (Fsp3) is 0.500. The Labute approximate surface area is 141 Å². The molecule has 2 atom stereocenters. The van der Waals surface area contributed by atoms with Crippen LogP contribution in [0.3, 0.4) is 0 Å². The second-order valence-corrected chi connectivity index (χ2v) is 6.90. The number of quaternary nitrogens is 1. The Balaban J connectivity index is 1.36. The molecule has 0 radical (unpaired) electrons. The third-order valence-corrected chi connectivity index (χ3v) is 5.48. The van der Waals surface area contributed by atoms with E-state index in [1.54, 1.807) is 0 Å². The van der Waals surface area contributed by atoms with E-state index in [9.17, 15) is 9.59 Å². The number of carbonyl (C=O) groups is 2. The van der Waals surface area contributed by atoms with E-state index >= 15 is 0 Å². The van der Waals surface area contributed by atoms with Crippen LogP contribution in [-0.2, 0) is 9.59 Å². The lowest BCUT2D eigenvalue weighted by Gasteiger charge is -2.30. The highest BCUT2D eigenvalue weighted by molar-refractivity contribution is 6.05. The Morgan fingerprint density at radius 2 is 1.71 bits per heavy atom. The molecule has 2 aliphatic heterocycles. The van der Waals surface area contributed by atoms with Gasteiger partial charge in [-0.3, -0.25) is 14.5 Å². The predicted molar refractivity (Wildman–Crippen MR) is 88.0 cm³/mol. The zero-order valence-corrected chi connectivity index (χ0v) is 13.8. The van der Waals surface area contributed by atoms with Gasteiger partial charge in [0.1, 0.15) is 26.2 Å². The summed E-state index contributed by atoms with van der Waals surface area (Å²) >= 11 is 0. The number of likely N-dealkylation sites (tertiary alicyclic amines) is 1. The third kappa shape index (κ3) is 2.71. The van der Waals surface area contributed by atoms with Gasteiger partial charge < -0.3 is 4.90 Å². The molecule has 0 spiro atoms. The van der Waals surface area contributed by atoms with E-state index in [2.05, 4.69) is 16.0 Å². The molecule has 6 nitrogen and oxygen atoms in total. The van der Waals surface area contributed by atoms with Gasteiger partial charge in [-0.15, -0.1) is 0 Å². The van der Waals surface area contributed by atoms with Gasteiger partial charge in [0.2, 0.25) is 11.8 Å². The molecule has 2 fully saturated rings. The number of hydrogen-bond donors (Lipinski definition) is 1. The number of hydrogen-bond acceptors (Lipinski definition) is 3. The average Bonchev–Trinajstić information content (AvgIpc) is 2.88. The van der Waals surface area contributed by atoms with Gasteiger partial charge in [0, 0.05) is 6.07 Å². The molecule has 126 valence electrons. The smallest absolute Gasteiger partial charge is 0.274 e. The second kappa shape index (κ2) is 6.36. The van der Waals surface area contributed by atoms with Gasteiger partial charge in [-0.05, 0) is 18.9 Å². The summed E-state index contributed by atoms with van der Waals surface area (Å²) in [5.74, 6) is 0.993. The topological polar surface area (TPSA) is 59.2 Å². The van der Waals surface area contributed by atoms with Gasteiger partial charge in [-0.1, -0.05) is 18.2 Å². The van der Waals surface area contributed by atoms with Crippen molar-refractivity contribution in [3.05, 3.63) is 36.5 Å². The van der Waals surface area contributed by atoms with E-state index in [1.165, 1.54) is 9.80 Å². The first-order valence-electron chi connectivity index (χ1n) is 8.79. The van der Waals surface area contributed by atoms with Crippen LogP contribution < -0.4 is 14.8 Å². The van der Waals surface area contributed by atoms with E-state index in [1.807, 2.05) is 30.5 Å². The van der Waals surface area contributed by atoms with E-state index < -0.39 is 0 Å². The summed E-state index contributed by atoms with van der Waals surface area (Å²) in [5.41, 5.74) is 0. The monoisotopic (exact) mass is 328 g/mol. The Kier molecular flexibility index (Phi) is 4.06. The van der Waals surface area contributed by atoms with Crippen molar-refractivity contribution in [1.82, 2.24) is 4.90 Å². The molecule has 1 aromatic rings. The first-order valence-corrected chi connectivity index (χ1v) is 8.79. The molecule has 0 aromatic carbocycles. The molecule has 0 unspecified atom stereocenters. The summed E-state index contributed by atoms with van der Waals surface area (Å²) in [5, 5.41) is 0. The predicted octanol–water partition coefficient (Wildman–Crippen LogP) is -0.886. The number of H-pyrrole nitrogens is 1. The van der Waals surface area contributed by atoms with Gasteiger partial charge >= 0.3 is 0 Å². The third-order valence-electron chi connectivity index (χ3n) is 5.48. The van der Waals surface area contributed by atoms with Crippen LogP contribution in [0.4, 0.5) is 5.82 Å². The average molecular weight is 328 g/mol. The summed E-state index contributed by atoms with van der Waals surface area (Å²) in [7, 11) is 0. The standard InChI is InChI=1S/C18H22N4O2/c23-17-14-5-1-2-6-15(14)18(24)22(17)13-20-9-11-21(12-10-20)16-7-3-4-8-19-16/h1-4,7-8,14-15H,5-6,9-13H2/p+2/t14-,15-/m1/s1. The lowest BCUT2D eigenvalue weighted by atomic mass is 9.85. The molecule has 2 amide bonds. The summed E-state index contributed by atoms with van der Waals surface area (Å²) in [6, 6.07) is 6.09. The van der Waals surface area contributed by atoms with Crippen LogP contribution in [0.2, 0.25) is 0 Å². The molecule has 4 rings (SSSR count). The molecule has 2 saturated heterocycles. The van der Waals surface area contributed by atoms with Crippen LogP contribution >= 0.6 is 0 Å². The number of anilines is 1. The normalized spacial score (nSPS) is 27.7. The van der Waals surface area contributed by atoms with Gasteiger partial charge in [0.25, 0.3) is 5.82 Å². The van der Waals surface area contributed by atoms with E-state index in [4.69, 9.17) is 0 Å². The van der Waals surface area contributed by atoms with E-state index in [0.717, 1.165) is 44.8 Å². The minimum Gasteiger partial charge on any atom is -0.311 e. The van der Waals surface area contributed by atoms with Gasteiger partial charge in [0.05, 0.1) is 18.0 Å². The molecule has 2 N–H and O–H groups in total. The van der Waals surface area contributed by atoms with Crippen LogP contribution in [0.15, 0.2) is 36.5 Å². The highest BCUT2D eigenvalue weighted by Gasteiger charge is 2.48. The number of nitrogens with zero attached hydrogens (tertiary/aromatic N) is 2. The number of allylic oxidation sites excluding steroid dienone is 2. The molecule has 1 aliphatic carbocycles. The summed E-state index contributed by atoms with van der Waals surface area (Å²) in [6.45, 7) is 4.26. The van der Waals surface area contributed by atoms with Crippen LogP contribution in [0.25, 0.3) is 0 Å². The highest BCUT2D eigenvalue weighted by Crippen LogP contribution is 2.34. The number of amides is 2. The Bertz CT molecular complexity index is 626. The molecule has 1 aromatic heterocycles. The number of carbonyl (C=O) groups excluding carboxylic acids is 2. The van der Waals surface area contributed by atoms with Crippen molar-refractivity contribution in [1.29, 1.82) is 0 Å². The van der Waals surface area contributed by atoms with Crippen LogP contribution in [0.5, 0.6) is 0 Å². The fourth-order valence-electron chi connectivity index (χ4n) is 4.05. The molecular weight excluding hydrogens is 304 g/mol. The van der Waals surface area contributed by atoms with E-state index in [0.29, 0.717) is 6.67 Å². The molecule has 3 aliphatic rings. The number of imide groups is 1. The molecule has 0 bridgehead atoms. The fourth-order valence-corrected chi connectivity index (χ4v) is 4.05. The largest absolute Gasteiger partial charge is 0.311 e. The van der Waals surface area contributed by atoms with Crippen molar-refractivity contribution in [2.24, 2.45) is 11.8 Å². The van der Waals surface area contributed by atoms with Crippen molar-refractivity contribution in [2.75, 3.05) is 37.7 Å². The van der Waals surface area contributed by atoms with Gasteiger partial charge in [-0.25, -0.2) is 9.88 Å². The number of nitrogens with one attached hydrogen (secondary N) is 2. The van der Waals surface area contributed by atoms with Crippen molar-refractivity contribution >= 4 is 17.6 Å². The zero-order valence-electron chi connectivity index (χ0n) is 13.8. The van der Waals surface area contributed by atoms with Gasteiger partial charge in [-0.2, -0.15) is 0 Å². The Morgan fingerprint density at radius 3 is 2.29 bits per heavy atom. The highest BCUT2D eigenvalue weighted by atomic mass is 16.2. The zero-order chi connectivity index (χ0) is 16.5. The second-order valence-electron chi connectivity index (χ2n) is 6.90. The first-order chi connectivity index (χ1) is 11.7. The summed E-state index contributed by atoms with van der Waals surface area (Å²) in [6.07, 6.45) is 7.46. The van der Waals surface area contributed by atoms with Gasteiger partial charge in [0.15, 0.2) is 6.67 Å². The lowest BCUT2D eigenvalue weighted by molar-refractivity contribution is -0.908. The maximum atomic E-state index is 12.6. The van der Waals surface area contributed by atoms with Crippen molar-refractivity contribution in [3.63, 3.8) is 0 Å². The van der Waals surface area contributed by atoms with Crippen LogP contribution in [-0.4, -0.2) is 49.6 Å². The number of aromatic amines is 1. The maximum absolute atomic E-state index is 12.6. The number of pyridine rings is 1.